The molecule has 0 aromatic heterocycles. The van der Waals surface area contributed by atoms with Crippen LogP contribution < -0.4 is 0 Å². The molecule has 2 heteroatoms. The summed E-state index contributed by atoms with van der Waals surface area (Å²) in [5.41, 5.74) is 2.62. The lowest BCUT2D eigenvalue weighted by Crippen LogP contribution is -2.07. The molecule has 0 heterocycles. The van der Waals surface area contributed by atoms with Gasteiger partial charge in [0.05, 0.1) is 0 Å². The maximum atomic E-state index is 5.77. The Bertz CT molecular complexity index is 254. The van der Waals surface area contributed by atoms with E-state index in [-0.39, 0.29) is 0 Å². The third-order valence-electron chi connectivity index (χ3n) is 2.04. The molecule has 72 valence electrons. The number of hydrogen-bond donors (Lipinski definition) is 0. The van der Waals surface area contributed by atoms with Crippen LogP contribution in [0.15, 0.2) is 24.3 Å². The normalized spacial score (nSPS) is 10.8. The van der Waals surface area contributed by atoms with Gasteiger partial charge in [-0.2, -0.15) is 0 Å². The van der Waals surface area contributed by atoms with Crippen molar-refractivity contribution in [1.82, 2.24) is 0 Å². The molecule has 0 saturated heterocycles. The van der Waals surface area contributed by atoms with Crippen LogP contribution in [0.1, 0.15) is 11.1 Å². The summed E-state index contributed by atoms with van der Waals surface area (Å²) in [6.45, 7) is 2.10. The van der Waals surface area contributed by atoms with Crippen molar-refractivity contribution < 1.29 is 0 Å². The van der Waals surface area contributed by atoms with Gasteiger partial charge in [-0.3, -0.25) is 0 Å². The van der Waals surface area contributed by atoms with E-state index < -0.39 is 0 Å². The smallest absolute Gasteiger partial charge is 0.0266 e. The van der Waals surface area contributed by atoms with Gasteiger partial charge in [0.15, 0.2) is 0 Å². The zero-order chi connectivity index (χ0) is 9.68. The van der Waals surface area contributed by atoms with E-state index in [4.69, 9.17) is 23.2 Å². The van der Waals surface area contributed by atoms with Crippen LogP contribution in [0.4, 0.5) is 0 Å². The Morgan fingerprint density at radius 1 is 1.23 bits per heavy atom. The topological polar surface area (TPSA) is 0 Å². The van der Waals surface area contributed by atoms with Crippen LogP contribution >= 0.6 is 23.2 Å². The first-order chi connectivity index (χ1) is 6.26. The van der Waals surface area contributed by atoms with E-state index in [0.717, 1.165) is 6.42 Å². The molecule has 1 rings (SSSR count). The van der Waals surface area contributed by atoms with E-state index in [1.807, 2.05) is 0 Å². The zero-order valence-electron chi connectivity index (χ0n) is 7.76. The van der Waals surface area contributed by atoms with Crippen molar-refractivity contribution in [2.75, 3.05) is 11.8 Å². The standard InChI is InChI=1S/C11H14Cl2/c1-9-3-2-4-10(5-9)6-11(7-12)8-13/h2-5,11H,6-8H2,1H3. The van der Waals surface area contributed by atoms with Crippen molar-refractivity contribution in [3.05, 3.63) is 35.4 Å². The molecule has 0 bridgehead atoms. The van der Waals surface area contributed by atoms with Crippen molar-refractivity contribution in [2.24, 2.45) is 5.92 Å². The fourth-order valence-corrected chi connectivity index (χ4v) is 1.87. The van der Waals surface area contributed by atoms with E-state index in [1.54, 1.807) is 0 Å². The minimum absolute atomic E-state index is 0.394. The second-order valence-corrected chi connectivity index (χ2v) is 3.99. The molecule has 0 N–H and O–H groups in total. The average Bonchev–Trinajstić information content (AvgIpc) is 2.14. The summed E-state index contributed by atoms with van der Waals surface area (Å²) in [4.78, 5) is 0. The number of aryl methyl sites for hydroxylation is 1. The van der Waals surface area contributed by atoms with Crippen LogP contribution in [0.25, 0.3) is 0 Å². The molecule has 0 aliphatic rings. The number of alkyl halides is 2. The summed E-state index contributed by atoms with van der Waals surface area (Å²) >= 11 is 11.5. The summed E-state index contributed by atoms with van der Waals surface area (Å²) in [5, 5.41) is 0. The van der Waals surface area contributed by atoms with Crippen molar-refractivity contribution in [3.63, 3.8) is 0 Å². The summed E-state index contributed by atoms with van der Waals surface area (Å²) in [6.07, 6.45) is 0.981. The highest BCUT2D eigenvalue weighted by atomic mass is 35.5. The van der Waals surface area contributed by atoms with Crippen molar-refractivity contribution >= 4 is 23.2 Å². The first-order valence-electron chi connectivity index (χ1n) is 4.43. The summed E-state index contributed by atoms with van der Waals surface area (Å²) in [7, 11) is 0. The Morgan fingerprint density at radius 2 is 1.92 bits per heavy atom. The van der Waals surface area contributed by atoms with Gasteiger partial charge in [0.2, 0.25) is 0 Å². The van der Waals surface area contributed by atoms with Gasteiger partial charge in [0.25, 0.3) is 0 Å². The molecule has 0 unspecified atom stereocenters. The van der Waals surface area contributed by atoms with Crippen LogP contribution in [0.5, 0.6) is 0 Å². The Hall–Kier alpha value is -0.200. The molecule has 0 atom stereocenters. The fraction of sp³-hybridized carbons (Fsp3) is 0.455. The number of hydrogen-bond acceptors (Lipinski definition) is 0. The lowest BCUT2D eigenvalue weighted by molar-refractivity contribution is 0.662. The number of benzene rings is 1. The lowest BCUT2D eigenvalue weighted by atomic mass is 10.0. The molecule has 0 fully saturated rings. The van der Waals surface area contributed by atoms with E-state index in [1.165, 1.54) is 11.1 Å². The van der Waals surface area contributed by atoms with Crippen LogP contribution in [0, 0.1) is 12.8 Å². The maximum Gasteiger partial charge on any atom is 0.0266 e. The maximum absolute atomic E-state index is 5.77. The predicted octanol–water partition coefficient (Wildman–Crippen LogP) is 3.63. The molecular weight excluding hydrogens is 203 g/mol. The minimum Gasteiger partial charge on any atom is -0.126 e. The molecule has 1 aromatic rings. The highest BCUT2D eigenvalue weighted by Gasteiger charge is 2.06. The van der Waals surface area contributed by atoms with Gasteiger partial charge < -0.3 is 0 Å². The summed E-state index contributed by atoms with van der Waals surface area (Å²) in [6, 6.07) is 8.48. The van der Waals surface area contributed by atoms with Crippen LogP contribution in [0.2, 0.25) is 0 Å². The molecule has 0 spiro atoms. The van der Waals surface area contributed by atoms with Gasteiger partial charge in [-0.15, -0.1) is 23.2 Å². The van der Waals surface area contributed by atoms with E-state index in [9.17, 15) is 0 Å². The van der Waals surface area contributed by atoms with Gasteiger partial charge in [-0.25, -0.2) is 0 Å². The highest BCUT2D eigenvalue weighted by Crippen LogP contribution is 2.13. The van der Waals surface area contributed by atoms with Crippen molar-refractivity contribution in [3.8, 4) is 0 Å². The fourth-order valence-electron chi connectivity index (χ4n) is 1.32. The van der Waals surface area contributed by atoms with Crippen molar-refractivity contribution in [1.29, 1.82) is 0 Å². The minimum atomic E-state index is 0.394. The number of rotatable bonds is 4. The Kier molecular flexibility index (Phi) is 4.61. The number of halogens is 2. The second-order valence-electron chi connectivity index (χ2n) is 3.37. The quantitative estimate of drug-likeness (QED) is 0.675. The largest absolute Gasteiger partial charge is 0.126 e. The van der Waals surface area contributed by atoms with Crippen LogP contribution in [-0.2, 0) is 6.42 Å². The molecule has 13 heavy (non-hydrogen) atoms. The van der Waals surface area contributed by atoms with Gasteiger partial charge >= 0.3 is 0 Å². The summed E-state index contributed by atoms with van der Waals surface area (Å²) < 4.78 is 0. The molecular formula is C11H14Cl2. The molecule has 0 radical (unpaired) electrons. The van der Waals surface area contributed by atoms with Crippen LogP contribution in [-0.4, -0.2) is 11.8 Å². The third-order valence-corrected chi connectivity index (χ3v) is 2.92. The molecule has 0 aliphatic carbocycles. The molecule has 1 aromatic carbocycles. The molecule has 0 saturated carbocycles. The zero-order valence-corrected chi connectivity index (χ0v) is 9.28. The average molecular weight is 217 g/mol. The Morgan fingerprint density at radius 3 is 2.46 bits per heavy atom. The van der Waals surface area contributed by atoms with Gasteiger partial charge in [0, 0.05) is 11.8 Å². The summed E-state index contributed by atoms with van der Waals surface area (Å²) in [5.74, 6) is 1.67. The molecule has 0 nitrogen and oxygen atoms in total. The highest BCUT2D eigenvalue weighted by molar-refractivity contribution is 6.20. The van der Waals surface area contributed by atoms with E-state index >= 15 is 0 Å². The Balaban J connectivity index is 2.62. The third kappa shape index (κ3) is 3.58. The van der Waals surface area contributed by atoms with Gasteiger partial charge in [-0.05, 0) is 24.8 Å². The lowest BCUT2D eigenvalue weighted by Gasteiger charge is -2.09. The predicted molar refractivity (Wildman–Crippen MR) is 59.8 cm³/mol. The van der Waals surface area contributed by atoms with Crippen molar-refractivity contribution in [2.45, 2.75) is 13.3 Å². The van der Waals surface area contributed by atoms with E-state index in [0.29, 0.717) is 17.7 Å². The first-order valence-corrected chi connectivity index (χ1v) is 5.50. The van der Waals surface area contributed by atoms with Gasteiger partial charge in [0.1, 0.15) is 0 Å². The second kappa shape index (κ2) is 5.51. The SMILES string of the molecule is Cc1cccc(CC(CCl)CCl)c1. The van der Waals surface area contributed by atoms with Crippen LogP contribution in [0.3, 0.4) is 0 Å². The van der Waals surface area contributed by atoms with E-state index in [2.05, 4.69) is 31.2 Å². The molecule has 0 amide bonds. The van der Waals surface area contributed by atoms with Gasteiger partial charge in [-0.1, -0.05) is 29.8 Å². The molecule has 0 aliphatic heterocycles. The first kappa shape index (κ1) is 10.9. The monoisotopic (exact) mass is 216 g/mol. The Labute approximate surface area is 89.9 Å².